The predicted octanol–water partition coefficient (Wildman–Crippen LogP) is 6.02. The molecular weight excluding hydrogens is 463 g/mol. The molecule has 156 valence electrons. The third-order valence-electron chi connectivity index (χ3n) is 5.09. The SMILES string of the molecule is O=C(Nc1nnc(-c2ccc(Cl)cc2)s1)C1CCN(Cc2ccc(Cl)c(Cl)c2)CC1. The molecule has 1 N–H and O–H groups in total. The zero-order valence-corrected chi connectivity index (χ0v) is 19.0. The van der Waals surface area contributed by atoms with Gasteiger partial charge in [-0.3, -0.25) is 9.69 Å². The quantitative estimate of drug-likeness (QED) is 0.484. The van der Waals surface area contributed by atoms with E-state index in [0.29, 0.717) is 20.2 Å². The number of nitrogens with one attached hydrogen (secondary N) is 1. The lowest BCUT2D eigenvalue weighted by Crippen LogP contribution is -2.37. The number of anilines is 1. The number of carbonyl (C=O) groups excluding carboxylic acids is 1. The van der Waals surface area contributed by atoms with Crippen molar-refractivity contribution in [3.8, 4) is 10.6 Å². The van der Waals surface area contributed by atoms with Crippen LogP contribution < -0.4 is 5.32 Å². The van der Waals surface area contributed by atoms with Crippen molar-refractivity contribution in [2.75, 3.05) is 18.4 Å². The van der Waals surface area contributed by atoms with Crippen molar-refractivity contribution in [1.29, 1.82) is 0 Å². The van der Waals surface area contributed by atoms with E-state index in [0.717, 1.165) is 48.6 Å². The number of halogens is 3. The fourth-order valence-electron chi connectivity index (χ4n) is 3.44. The van der Waals surface area contributed by atoms with E-state index < -0.39 is 0 Å². The molecule has 1 saturated heterocycles. The van der Waals surface area contributed by atoms with Crippen LogP contribution in [0.2, 0.25) is 15.1 Å². The Bertz CT molecular complexity index is 1030. The highest BCUT2D eigenvalue weighted by Crippen LogP contribution is 2.29. The molecule has 1 fully saturated rings. The van der Waals surface area contributed by atoms with Gasteiger partial charge >= 0.3 is 0 Å². The highest BCUT2D eigenvalue weighted by molar-refractivity contribution is 7.18. The smallest absolute Gasteiger partial charge is 0.229 e. The summed E-state index contributed by atoms with van der Waals surface area (Å²) in [5, 5.41) is 14.3. The maximum atomic E-state index is 12.7. The van der Waals surface area contributed by atoms with Crippen LogP contribution in [-0.2, 0) is 11.3 Å². The molecule has 0 aliphatic carbocycles. The van der Waals surface area contributed by atoms with E-state index in [1.165, 1.54) is 11.3 Å². The molecule has 3 aromatic rings. The Morgan fingerprint density at radius 2 is 1.77 bits per heavy atom. The number of benzene rings is 2. The van der Waals surface area contributed by atoms with Gasteiger partial charge in [-0.25, -0.2) is 0 Å². The van der Waals surface area contributed by atoms with Gasteiger partial charge < -0.3 is 5.32 Å². The zero-order valence-electron chi connectivity index (χ0n) is 15.9. The van der Waals surface area contributed by atoms with Crippen molar-refractivity contribution in [3.63, 3.8) is 0 Å². The Morgan fingerprint density at radius 1 is 1.03 bits per heavy atom. The normalized spacial score (nSPS) is 15.3. The second-order valence-electron chi connectivity index (χ2n) is 7.21. The van der Waals surface area contributed by atoms with Gasteiger partial charge in [-0.1, -0.05) is 64.3 Å². The summed E-state index contributed by atoms with van der Waals surface area (Å²) in [6, 6.07) is 13.1. The predicted molar refractivity (Wildman–Crippen MR) is 123 cm³/mol. The van der Waals surface area contributed by atoms with E-state index in [2.05, 4.69) is 20.4 Å². The Balaban J connectivity index is 1.29. The van der Waals surface area contributed by atoms with Crippen molar-refractivity contribution >= 4 is 57.2 Å². The molecule has 0 bridgehead atoms. The number of amides is 1. The van der Waals surface area contributed by atoms with Crippen LogP contribution in [0.1, 0.15) is 18.4 Å². The standard InChI is InChI=1S/C21H19Cl3N4OS/c22-16-4-2-15(3-5-16)20-26-27-21(30-20)25-19(29)14-7-9-28(10-8-14)12-13-1-6-17(23)18(24)11-13/h1-6,11,14H,7-10,12H2,(H,25,27,29). The summed E-state index contributed by atoms with van der Waals surface area (Å²) >= 11 is 19.4. The molecule has 4 rings (SSSR count). The first-order chi connectivity index (χ1) is 14.5. The van der Waals surface area contributed by atoms with Crippen molar-refractivity contribution in [2.45, 2.75) is 19.4 Å². The van der Waals surface area contributed by atoms with Crippen LogP contribution in [-0.4, -0.2) is 34.1 Å². The van der Waals surface area contributed by atoms with Crippen molar-refractivity contribution in [3.05, 3.63) is 63.1 Å². The van der Waals surface area contributed by atoms with Crippen molar-refractivity contribution < 1.29 is 4.79 Å². The number of hydrogen-bond donors (Lipinski definition) is 1. The van der Waals surface area contributed by atoms with E-state index in [1.807, 2.05) is 42.5 Å². The third kappa shape index (κ3) is 5.31. The van der Waals surface area contributed by atoms with E-state index in [4.69, 9.17) is 34.8 Å². The van der Waals surface area contributed by atoms with Gasteiger partial charge in [0.05, 0.1) is 10.0 Å². The molecule has 0 spiro atoms. The number of hydrogen-bond acceptors (Lipinski definition) is 5. The Kier molecular flexibility index (Phi) is 6.91. The maximum Gasteiger partial charge on any atom is 0.229 e. The van der Waals surface area contributed by atoms with Crippen LogP contribution in [0.4, 0.5) is 5.13 Å². The van der Waals surface area contributed by atoms with Gasteiger partial charge in [-0.05, 0) is 55.8 Å². The Hall–Kier alpha value is -1.70. The van der Waals surface area contributed by atoms with Crippen LogP contribution in [0.25, 0.3) is 10.6 Å². The molecule has 0 atom stereocenters. The molecule has 0 unspecified atom stereocenters. The molecule has 2 heterocycles. The monoisotopic (exact) mass is 480 g/mol. The molecular formula is C21H19Cl3N4OS. The molecule has 30 heavy (non-hydrogen) atoms. The number of carbonyl (C=O) groups is 1. The Morgan fingerprint density at radius 3 is 2.47 bits per heavy atom. The first kappa shape index (κ1) is 21.5. The average Bonchev–Trinajstić information content (AvgIpc) is 3.20. The van der Waals surface area contributed by atoms with Crippen molar-refractivity contribution in [1.82, 2.24) is 15.1 Å². The summed E-state index contributed by atoms with van der Waals surface area (Å²) in [5.74, 6) is -0.0269. The molecule has 0 saturated carbocycles. The topological polar surface area (TPSA) is 58.1 Å². The van der Waals surface area contributed by atoms with Crippen LogP contribution in [0.15, 0.2) is 42.5 Å². The highest BCUT2D eigenvalue weighted by Gasteiger charge is 2.26. The second-order valence-corrected chi connectivity index (χ2v) is 9.44. The lowest BCUT2D eigenvalue weighted by Gasteiger charge is -2.31. The van der Waals surface area contributed by atoms with E-state index in [-0.39, 0.29) is 11.8 Å². The summed E-state index contributed by atoms with van der Waals surface area (Å²) < 4.78 is 0. The van der Waals surface area contributed by atoms with Crippen LogP contribution in [0, 0.1) is 5.92 Å². The number of aromatic nitrogens is 2. The third-order valence-corrected chi connectivity index (χ3v) is 6.97. The fraction of sp³-hybridized carbons (Fsp3) is 0.286. The molecule has 1 aromatic heterocycles. The minimum atomic E-state index is -0.0297. The van der Waals surface area contributed by atoms with Gasteiger partial charge in [0.15, 0.2) is 0 Å². The largest absolute Gasteiger partial charge is 0.300 e. The number of rotatable bonds is 5. The summed E-state index contributed by atoms with van der Waals surface area (Å²) in [5.41, 5.74) is 2.05. The minimum absolute atomic E-state index is 0.00277. The number of nitrogens with zero attached hydrogens (tertiary/aromatic N) is 3. The molecule has 9 heteroatoms. The molecule has 0 radical (unpaired) electrons. The highest BCUT2D eigenvalue weighted by atomic mass is 35.5. The van der Waals surface area contributed by atoms with Gasteiger partial charge in [-0.2, -0.15) is 0 Å². The second kappa shape index (κ2) is 9.62. The van der Waals surface area contributed by atoms with Crippen LogP contribution in [0.3, 0.4) is 0 Å². The zero-order chi connectivity index (χ0) is 21.1. The summed E-state index contributed by atoms with van der Waals surface area (Å²) in [4.78, 5) is 15.0. The van der Waals surface area contributed by atoms with Gasteiger partial charge in [0.1, 0.15) is 5.01 Å². The number of piperidine rings is 1. The average molecular weight is 482 g/mol. The molecule has 2 aromatic carbocycles. The summed E-state index contributed by atoms with van der Waals surface area (Å²) in [6.07, 6.45) is 1.60. The minimum Gasteiger partial charge on any atom is -0.300 e. The lowest BCUT2D eigenvalue weighted by molar-refractivity contribution is -0.121. The fourth-order valence-corrected chi connectivity index (χ4v) is 4.64. The van der Waals surface area contributed by atoms with Gasteiger partial charge in [-0.15, -0.1) is 10.2 Å². The van der Waals surface area contributed by atoms with Crippen LogP contribution >= 0.6 is 46.1 Å². The first-order valence-corrected chi connectivity index (χ1v) is 11.5. The van der Waals surface area contributed by atoms with Gasteiger partial charge in [0.25, 0.3) is 0 Å². The molecule has 5 nitrogen and oxygen atoms in total. The molecule has 1 aliphatic rings. The van der Waals surface area contributed by atoms with Gasteiger partial charge in [0, 0.05) is 23.0 Å². The first-order valence-electron chi connectivity index (χ1n) is 9.54. The van der Waals surface area contributed by atoms with E-state index in [9.17, 15) is 4.79 Å². The van der Waals surface area contributed by atoms with Crippen LogP contribution in [0.5, 0.6) is 0 Å². The van der Waals surface area contributed by atoms with E-state index in [1.54, 1.807) is 0 Å². The lowest BCUT2D eigenvalue weighted by atomic mass is 9.95. The molecule has 1 amide bonds. The molecule has 1 aliphatic heterocycles. The maximum absolute atomic E-state index is 12.7. The summed E-state index contributed by atoms with van der Waals surface area (Å²) in [7, 11) is 0. The summed E-state index contributed by atoms with van der Waals surface area (Å²) in [6.45, 7) is 2.50. The van der Waals surface area contributed by atoms with Crippen molar-refractivity contribution in [2.24, 2.45) is 5.92 Å². The van der Waals surface area contributed by atoms with Gasteiger partial charge in [0.2, 0.25) is 11.0 Å². The van der Waals surface area contributed by atoms with E-state index >= 15 is 0 Å². The Labute approximate surface area is 194 Å². The number of likely N-dealkylation sites (tertiary alicyclic amines) is 1.